The van der Waals surface area contributed by atoms with Gasteiger partial charge in [-0.3, -0.25) is 0 Å². The Morgan fingerprint density at radius 2 is 2.10 bits per heavy atom. The summed E-state index contributed by atoms with van der Waals surface area (Å²) < 4.78 is 2.23. The molecule has 0 saturated heterocycles. The van der Waals surface area contributed by atoms with Gasteiger partial charge in [-0.1, -0.05) is 25.1 Å². The number of para-hydroxylation sites is 2. The van der Waals surface area contributed by atoms with Crippen molar-refractivity contribution in [2.45, 2.75) is 32.4 Å². The van der Waals surface area contributed by atoms with E-state index >= 15 is 0 Å². The molecular formula is C16H18N2OS. The summed E-state index contributed by atoms with van der Waals surface area (Å²) in [4.78, 5) is 5.69. The molecule has 3 rings (SSSR count). The number of aromatic nitrogens is 2. The van der Waals surface area contributed by atoms with Crippen molar-refractivity contribution in [3.05, 3.63) is 52.5 Å². The molecule has 0 aliphatic carbocycles. The summed E-state index contributed by atoms with van der Waals surface area (Å²) in [5.41, 5.74) is 2.16. The van der Waals surface area contributed by atoms with Crippen molar-refractivity contribution in [3.63, 3.8) is 0 Å². The quantitative estimate of drug-likeness (QED) is 0.775. The van der Waals surface area contributed by atoms with Gasteiger partial charge in [-0.2, -0.15) is 0 Å². The number of fused-ring (bicyclic) bond motifs is 1. The van der Waals surface area contributed by atoms with E-state index in [1.807, 2.05) is 35.7 Å². The first kappa shape index (κ1) is 13.3. The maximum atomic E-state index is 10.3. The maximum Gasteiger partial charge on any atom is 0.112 e. The number of imidazole rings is 1. The molecule has 0 amide bonds. The number of rotatable bonds is 5. The lowest BCUT2D eigenvalue weighted by molar-refractivity contribution is 0.178. The Bertz CT molecular complexity index is 688. The monoisotopic (exact) mass is 286 g/mol. The minimum absolute atomic E-state index is 0.470. The lowest BCUT2D eigenvalue weighted by Gasteiger charge is -2.11. The summed E-state index contributed by atoms with van der Waals surface area (Å²) in [6, 6.07) is 12.1. The molecule has 0 bridgehead atoms. The molecule has 0 radical (unpaired) electrons. The molecule has 0 aliphatic rings. The maximum absolute atomic E-state index is 10.3. The van der Waals surface area contributed by atoms with E-state index in [0.29, 0.717) is 6.42 Å². The SMILES string of the molecule is CCCn1c(CC(O)c2cccs2)nc2ccccc21. The topological polar surface area (TPSA) is 38.0 Å². The number of aliphatic hydroxyl groups is 1. The van der Waals surface area contributed by atoms with E-state index in [1.165, 1.54) is 0 Å². The van der Waals surface area contributed by atoms with E-state index in [-0.39, 0.29) is 0 Å². The highest BCUT2D eigenvalue weighted by molar-refractivity contribution is 7.10. The second-order valence-electron chi connectivity index (χ2n) is 4.90. The largest absolute Gasteiger partial charge is 0.387 e. The summed E-state index contributed by atoms with van der Waals surface area (Å²) >= 11 is 1.59. The average molecular weight is 286 g/mol. The third-order valence-electron chi connectivity index (χ3n) is 3.43. The van der Waals surface area contributed by atoms with Gasteiger partial charge in [-0.05, 0) is 30.0 Å². The molecular weight excluding hydrogens is 268 g/mol. The number of nitrogens with zero attached hydrogens (tertiary/aromatic N) is 2. The summed E-state index contributed by atoms with van der Waals surface area (Å²) in [7, 11) is 0. The minimum Gasteiger partial charge on any atom is -0.387 e. The van der Waals surface area contributed by atoms with E-state index in [1.54, 1.807) is 11.3 Å². The lowest BCUT2D eigenvalue weighted by Crippen LogP contribution is -2.08. The van der Waals surface area contributed by atoms with Crippen LogP contribution in [0.5, 0.6) is 0 Å². The normalized spacial score (nSPS) is 12.9. The van der Waals surface area contributed by atoms with Crippen molar-refractivity contribution < 1.29 is 5.11 Å². The highest BCUT2D eigenvalue weighted by Crippen LogP contribution is 2.24. The molecule has 0 aliphatic heterocycles. The van der Waals surface area contributed by atoms with E-state index in [2.05, 4.69) is 22.5 Å². The first-order valence-electron chi connectivity index (χ1n) is 6.95. The van der Waals surface area contributed by atoms with Crippen LogP contribution in [-0.2, 0) is 13.0 Å². The summed E-state index contributed by atoms with van der Waals surface area (Å²) in [5, 5.41) is 12.3. The fourth-order valence-corrected chi connectivity index (χ4v) is 3.22. The zero-order valence-electron chi connectivity index (χ0n) is 11.5. The fraction of sp³-hybridized carbons (Fsp3) is 0.312. The van der Waals surface area contributed by atoms with Crippen LogP contribution in [0.4, 0.5) is 0 Å². The second-order valence-corrected chi connectivity index (χ2v) is 5.88. The van der Waals surface area contributed by atoms with Crippen molar-refractivity contribution in [1.82, 2.24) is 9.55 Å². The smallest absolute Gasteiger partial charge is 0.112 e. The number of thiophene rings is 1. The number of aryl methyl sites for hydroxylation is 1. The van der Waals surface area contributed by atoms with Crippen LogP contribution in [0.15, 0.2) is 41.8 Å². The zero-order valence-corrected chi connectivity index (χ0v) is 12.3. The van der Waals surface area contributed by atoms with Gasteiger partial charge in [0, 0.05) is 17.8 Å². The number of benzene rings is 1. The summed E-state index contributed by atoms with van der Waals surface area (Å²) in [6.07, 6.45) is 1.15. The molecule has 1 N–H and O–H groups in total. The molecule has 1 aromatic carbocycles. The molecule has 0 fully saturated rings. The second kappa shape index (κ2) is 5.77. The average Bonchev–Trinajstić information content (AvgIpc) is 3.08. The molecule has 1 atom stereocenters. The highest BCUT2D eigenvalue weighted by atomic mass is 32.1. The molecule has 2 aromatic heterocycles. The van der Waals surface area contributed by atoms with Gasteiger partial charge in [-0.15, -0.1) is 11.3 Å². The molecule has 3 nitrogen and oxygen atoms in total. The van der Waals surface area contributed by atoms with Crippen molar-refractivity contribution in [3.8, 4) is 0 Å². The van der Waals surface area contributed by atoms with Crippen LogP contribution in [0.25, 0.3) is 11.0 Å². The number of hydrogen-bond donors (Lipinski definition) is 1. The van der Waals surface area contributed by atoms with Crippen LogP contribution in [0, 0.1) is 0 Å². The van der Waals surface area contributed by atoms with Crippen LogP contribution in [0.2, 0.25) is 0 Å². The van der Waals surface area contributed by atoms with Crippen LogP contribution >= 0.6 is 11.3 Å². The molecule has 0 saturated carbocycles. The van der Waals surface area contributed by atoms with Gasteiger partial charge in [-0.25, -0.2) is 4.98 Å². The molecule has 1 unspecified atom stereocenters. The predicted molar refractivity (Wildman–Crippen MR) is 83.0 cm³/mol. The molecule has 2 heterocycles. The van der Waals surface area contributed by atoms with Gasteiger partial charge in [0.25, 0.3) is 0 Å². The highest BCUT2D eigenvalue weighted by Gasteiger charge is 2.16. The van der Waals surface area contributed by atoms with Gasteiger partial charge in [0.1, 0.15) is 5.82 Å². The molecule has 4 heteroatoms. The Kier molecular flexibility index (Phi) is 3.85. The van der Waals surface area contributed by atoms with Gasteiger partial charge in [0.05, 0.1) is 17.1 Å². The zero-order chi connectivity index (χ0) is 13.9. The number of aliphatic hydroxyl groups excluding tert-OH is 1. The number of hydrogen-bond acceptors (Lipinski definition) is 3. The van der Waals surface area contributed by atoms with Crippen molar-refractivity contribution in [2.24, 2.45) is 0 Å². The molecule has 3 aromatic rings. The van der Waals surface area contributed by atoms with Gasteiger partial charge >= 0.3 is 0 Å². The van der Waals surface area contributed by atoms with Crippen LogP contribution in [0.3, 0.4) is 0 Å². The van der Waals surface area contributed by atoms with E-state index < -0.39 is 6.10 Å². The first-order chi connectivity index (χ1) is 9.79. The van der Waals surface area contributed by atoms with Crippen molar-refractivity contribution >= 4 is 22.4 Å². The van der Waals surface area contributed by atoms with E-state index in [4.69, 9.17) is 0 Å². The Morgan fingerprint density at radius 3 is 2.85 bits per heavy atom. The van der Waals surface area contributed by atoms with Gasteiger partial charge in [0.2, 0.25) is 0 Å². The van der Waals surface area contributed by atoms with Crippen molar-refractivity contribution in [2.75, 3.05) is 0 Å². The van der Waals surface area contributed by atoms with Gasteiger partial charge < -0.3 is 9.67 Å². The third kappa shape index (κ3) is 2.49. The lowest BCUT2D eigenvalue weighted by atomic mass is 10.2. The van der Waals surface area contributed by atoms with Crippen LogP contribution in [0.1, 0.15) is 30.2 Å². The van der Waals surface area contributed by atoms with E-state index in [9.17, 15) is 5.11 Å². The Balaban J connectivity index is 1.96. The Morgan fingerprint density at radius 1 is 1.25 bits per heavy atom. The summed E-state index contributed by atoms with van der Waals surface area (Å²) in [6.45, 7) is 3.10. The minimum atomic E-state index is -0.470. The van der Waals surface area contributed by atoms with Crippen LogP contribution in [-0.4, -0.2) is 14.7 Å². The first-order valence-corrected chi connectivity index (χ1v) is 7.83. The van der Waals surface area contributed by atoms with Crippen molar-refractivity contribution in [1.29, 1.82) is 0 Å². The Labute approximate surface area is 122 Å². The molecule has 104 valence electrons. The van der Waals surface area contributed by atoms with Crippen LogP contribution < -0.4 is 0 Å². The van der Waals surface area contributed by atoms with Gasteiger partial charge in [0.15, 0.2) is 0 Å². The third-order valence-corrected chi connectivity index (χ3v) is 4.40. The van der Waals surface area contributed by atoms with E-state index in [0.717, 1.165) is 34.7 Å². The standard InChI is InChI=1S/C16H18N2OS/c1-2-9-18-13-7-4-3-6-12(13)17-16(18)11-14(19)15-8-5-10-20-15/h3-8,10,14,19H,2,9,11H2,1H3. The Hall–Kier alpha value is -1.65. The predicted octanol–water partition coefficient (Wildman–Crippen LogP) is 3.78. The molecule has 20 heavy (non-hydrogen) atoms. The molecule has 0 spiro atoms. The fourth-order valence-electron chi connectivity index (χ4n) is 2.51. The summed E-state index contributed by atoms with van der Waals surface area (Å²) in [5.74, 6) is 0.967.